The standard InChI is InChI=1S/C14H21BrFN/c1-10(2)4-6-12(17-3)8-11-5-7-14(16)13(15)9-11/h5,7,9-10,12,17H,4,6,8H2,1-3H3. The molecule has 1 aromatic carbocycles. The second kappa shape index (κ2) is 7.12. The minimum atomic E-state index is -0.197. The number of hydrogen-bond donors (Lipinski definition) is 1. The summed E-state index contributed by atoms with van der Waals surface area (Å²) in [6, 6.07) is 5.72. The zero-order valence-corrected chi connectivity index (χ0v) is 12.3. The van der Waals surface area contributed by atoms with Gasteiger partial charge in [0.2, 0.25) is 0 Å². The Bertz CT molecular complexity index is 352. The van der Waals surface area contributed by atoms with E-state index < -0.39 is 0 Å². The van der Waals surface area contributed by atoms with Crippen molar-refractivity contribution in [2.45, 2.75) is 39.2 Å². The van der Waals surface area contributed by atoms with E-state index in [1.807, 2.05) is 19.2 Å². The van der Waals surface area contributed by atoms with Crippen LogP contribution < -0.4 is 5.32 Å². The molecular weight excluding hydrogens is 281 g/mol. The lowest BCUT2D eigenvalue weighted by molar-refractivity contribution is 0.450. The number of rotatable bonds is 6. The monoisotopic (exact) mass is 301 g/mol. The Morgan fingerprint density at radius 2 is 2.00 bits per heavy atom. The first-order chi connectivity index (χ1) is 8.02. The number of halogens is 2. The minimum absolute atomic E-state index is 0.197. The number of benzene rings is 1. The van der Waals surface area contributed by atoms with E-state index in [9.17, 15) is 4.39 Å². The number of likely N-dealkylation sites (N-methyl/N-ethyl adjacent to an activating group) is 1. The first-order valence-corrected chi connectivity index (χ1v) is 6.93. The van der Waals surface area contributed by atoms with E-state index in [-0.39, 0.29) is 5.82 Å². The molecule has 0 radical (unpaired) electrons. The zero-order chi connectivity index (χ0) is 12.8. The Balaban J connectivity index is 2.57. The van der Waals surface area contributed by atoms with E-state index >= 15 is 0 Å². The van der Waals surface area contributed by atoms with Gasteiger partial charge in [-0.05, 0) is 65.9 Å². The van der Waals surface area contributed by atoms with Gasteiger partial charge in [0.15, 0.2) is 0 Å². The van der Waals surface area contributed by atoms with Crippen LogP contribution in [-0.4, -0.2) is 13.1 Å². The normalized spacial score (nSPS) is 13.1. The maximum Gasteiger partial charge on any atom is 0.137 e. The second-order valence-electron chi connectivity index (χ2n) is 4.91. The summed E-state index contributed by atoms with van der Waals surface area (Å²) in [5, 5.41) is 3.33. The Hall–Kier alpha value is -0.410. The van der Waals surface area contributed by atoms with Crippen molar-refractivity contribution in [2.75, 3.05) is 7.05 Å². The van der Waals surface area contributed by atoms with Crippen molar-refractivity contribution in [2.24, 2.45) is 5.92 Å². The highest BCUT2D eigenvalue weighted by molar-refractivity contribution is 9.10. The third kappa shape index (κ3) is 5.17. The summed E-state index contributed by atoms with van der Waals surface area (Å²) in [6.45, 7) is 4.47. The molecule has 1 atom stereocenters. The van der Waals surface area contributed by atoms with Crippen molar-refractivity contribution < 1.29 is 4.39 Å². The molecule has 0 bridgehead atoms. The summed E-state index contributed by atoms with van der Waals surface area (Å²) in [7, 11) is 1.99. The minimum Gasteiger partial charge on any atom is -0.317 e. The maximum absolute atomic E-state index is 13.1. The van der Waals surface area contributed by atoms with Gasteiger partial charge in [0.25, 0.3) is 0 Å². The van der Waals surface area contributed by atoms with Crippen LogP contribution in [0.1, 0.15) is 32.3 Å². The van der Waals surface area contributed by atoms with Crippen LogP contribution in [0.4, 0.5) is 4.39 Å². The number of nitrogens with one attached hydrogen (secondary N) is 1. The maximum atomic E-state index is 13.1. The Labute approximate surface area is 112 Å². The lowest BCUT2D eigenvalue weighted by Gasteiger charge is -2.17. The Kier molecular flexibility index (Phi) is 6.14. The largest absolute Gasteiger partial charge is 0.317 e. The highest BCUT2D eigenvalue weighted by atomic mass is 79.9. The molecule has 1 N–H and O–H groups in total. The van der Waals surface area contributed by atoms with Gasteiger partial charge in [-0.25, -0.2) is 4.39 Å². The molecule has 1 nitrogen and oxygen atoms in total. The molecule has 0 saturated heterocycles. The van der Waals surface area contributed by atoms with Crippen molar-refractivity contribution in [3.63, 3.8) is 0 Å². The summed E-state index contributed by atoms with van der Waals surface area (Å²) >= 11 is 3.22. The van der Waals surface area contributed by atoms with Crippen molar-refractivity contribution >= 4 is 15.9 Å². The van der Waals surface area contributed by atoms with Crippen LogP contribution in [0.5, 0.6) is 0 Å². The Morgan fingerprint density at radius 1 is 1.29 bits per heavy atom. The fraction of sp³-hybridized carbons (Fsp3) is 0.571. The van der Waals surface area contributed by atoms with Gasteiger partial charge in [-0.3, -0.25) is 0 Å². The van der Waals surface area contributed by atoms with E-state index in [4.69, 9.17) is 0 Å². The van der Waals surface area contributed by atoms with Crippen LogP contribution in [-0.2, 0) is 6.42 Å². The molecule has 0 aliphatic rings. The average molecular weight is 302 g/mol. The average Bonchev–Trinajstić information content (AvgIpc) is 2.28. The van der Waals surface area contributed by atoms with Crippen LogP contribution in [0, 0.1) is 11.7 Å². The summed E-state index contributed by atoms with van der Waals surface area (Å²) in [5.74, 6) is 0.530. The predicted molar refractivity (Wildman–Crippen MR) is 74.7 cm³/mol. The smallest absolute Gasteiger partial charge is 0.137 e. The third-order valence-electron chi connectivity index (χ3n) is 2.97. The highest BCUT2D eigenvalue weighted by Crippen LogP contribution is 2.19. The van der Waals surface area contributed by atoms with Crippen LogP contribution in [0.2, 0.25) is 0 Å². The summed E-state index contributed by atoms with van der Waals surface area (Å²) < 4.78 is 13.7. The van der Waals surface area contributed by atoms with Gasteiger partial charge in [-0.15, -0.1) is 0 Å². The molecule has 96 valence electrons. The van der Waals surface area contributed by atoms with E-state index in [0.29, 0.717) is 10.5 Å². The van der Waals surface area contributed by atoms with E-state index in [0.717, 1.165) is 18.8 Å². The predicted octanol–water partition coefficient (Wildman–Crippen LogP) is 4.15. The molecule has 0 saturated carbocycles. The van der Waals surface area contributed by atoms with Gasteiger partial charge < -0.3 is 5.32 Å². The van der Waals surface area contributed by atoms with Gasteiger partial charge in [0.05, 0.1) is 4.47 Å². The molecule has 1 unspecified atom stereocenters. The quantitative estimate of drug-likeness (QED) is 0.832. The fourth-order valence-corrected chi connectivity index (χ4v) is 2.26. The molecular formula is C14H21BrFN. The molecule has 0 aromatic heterocycles. The summed E-state index contributed by atoms with van der Waals surface area (Å²) in [5.41, 5.74) is 1.17. The molecule has 0 heterocycles. The molecule has 0 aliphatic carbocycles. The van der Waals surface area contributed by atoms with E-state index in [2.05, 4.69) is 35.1 Å². The second-order valence-corrected chi connectivity index (χ2v) is 5.76. The van der Waals surface area contributed by atoms with E-state index in [1.54, 1.807) is 0 Å². The molecule has 1 rings (SSSR count). The molecule has 0 aliphatic heterocycles. The van der Waals surface area contributed by atoms with Gasteiger partial charge in [0, 0.05) is 6.04 Å². The third-order valence-corrected chi connectivity index (χ3v) is 3.57. The first-order valence-electron chi connectivity index (χ1n) is 6.14. The lowest BCUT2D eigenvalue weighted by Crippen LogP contribution is -2.27. The first kappa shape index (κ1) is 14.7. The fourth-order valence-electron chi connectivity index (χ4n) is 1.83. The zero-order valence-electron chi connectivity index (χ0n) is 10.8. The Morgan fingerprint density at radius 3 is 2.53 bits per heavy atom. The van der Waals surface area contributed by atoms with Gasteiger partial charge in [0.1, 0.15) is 5.82 Å². The van der Waals surface area contributed by atoms with Crippen molar-refractivity contribution in [3.05, 3.63) is 34.1 Å². The number of hydrogen-bond acceptors (Lipinski definition) is 1. The topological polar surface area (TPSA) is 12.0 Å². The molecule has 0 fully saturated rings. The van der Waals surface area contributed by atoms with Crippen molar-refractivity contribution in [3.8, 4) is 0 Å². The van der Waals surface area contributed by atoms with E-state index in [1.165, 1.54) is 18.1 Å². The molecule has 0 amide bonds. The lowest BCUT2D eigenvalue weighted by atomic mass is 9.98. The van der Waals surface area contributed by atoms with Crippen LogP contribution in [0.25, 0.3) is 0 Å². The molecule has 3 heteroatoms. The van der Waals surface area contributed by atoms with Crippen LogP contribution in [0.15, 0.2) is 22.7 Å². The van der Waals surface area contributed by atoms with Gasteiger partial charge >= 0.3 is 0 Å². The molecule has 0 spiro atoms. The summed E-state index contributed by atoms with van der Waals surface area (Å²) in [6.07, 6.45) is 3.32. The van der Waals surface area contributed by atoms with Gasteiger partial charge in [-0.2, -0.15) is 0 Å². The SMILES string of the molecule is CNC(CCC(C)C)Cc1ccc(F)c(Br)c1. The van der Waals surface area contributed by atoms with Crippen molar-refractivity contribution in [1.82, 2.24) is 5.32 Å². The highest BCUT2D eigenvalue weighted by Gasteiger charge is 2.09. The van der Waals surface area contributed by atoms with Crippen LogP contribution in [0.3, 0.4) is 0 Å². The molecule has 17 heavy (non-hydrogen) atoms. The summed E-state index contributed by atoms with van der Waals surface area (Å²) in [4.78, 5) is 0. The van der Waals surface area contributed by atoms with Gasteiger partial charge in [-0.1, -0.05) is 19.9 Å². The van der Waals surface area contributed by atoms with Crippen molar-refractivity contribution in [1.29, 1.82) is 0 Å². The molecule has 1 aromatic rings. The van der Waals surface area contributed by atoms with Crippen LogP contribution >= 0.6 is 15.9 Å².